The minimum Gasteiger partial charge on any atom is -0.497 e. The molecule has 3 rings (SSSR count). The molecule has 0 radical (unpaired) electrons. The maximum absolute atomic E-state index is 12.6. The van der Waals surface area contributed by atoms with Crippen LogP contribution in [0.4, 0.5) is 30.4 Å². The van der Waals surface area contributed by atoms with Crippen LogP contribution in [0.5, 0.6) is 5.75 Å². The van der Waals surface area contributed by atoms with E-state index in [1.807, 2.05) is 0 Å². The van der Waals surface area contributed by atoms with Gasteiger partial charge in [0.25, 0.3) is 5.91 Å². The van der Waals surface area contributed by atoms with Crippen molar-refractivity contribution >= 4 is 23.1 Å². The lowest BCUT2D eigenvalue weighted by Crippen LogP contribution is -2.12. The molecule has 3 aromatic rings. The maximum Gasteiger partial charge on any atom is 0.416 e. The molecule has 1 heterocycles. The standard InChI is InChI=1S/C20H16F3N3O2/c1-28-17-4-2-3-16(12-17)26-19(27)13-9-10-24-18(11-13)25-15-7-5-14(6-8-15)20(21,22)23/h2-12H,1H3,(H,24,25)(H,26,27). The number of carbonyl (C=O) groups is 1. The van der Waals surface area contributed by atoms with Gasteiger partial charge in [0.15, 0.2) is 0 Å². The minimum absolute atomic E-state index is 0.332. The highest BCUT2D eigenvalue weighted by Crippen LogP contribution is 2.30. The van der Waals surface area contributed by atoms with Crippen LogP contribution in [0, 0.1) is 0 Å². The van der Waals surface area contributed by atoms with E-state index in [-0.39, 0.29) is 5.91 Å². The smallest absolute Gasteiger partial charge is 0.416 e. The van der Waals surface area contributed by atoms with E-state index in [1.165, 1.54) is 37.6 Å². The Labute approximate surface area is 159 Å². The third-order valence-electron chi connectivity index (χ3n) is 3.83. The molecule has 0 unspecified atom stereocenters. The van der Waals surface area contributed by atoms with Crippen molar-refractivity contribution in [1.82, 2.24) is 4.98 Å². The van der Waals surface area contributed by atoms with E-state index in [2.05, 4.69) is 15.6 Å². The number of nitrogens with zero attached hydrogens (tertiary/aromatic N) is 1. The van der Waals surface area contributed by atoms with E-state index in [0.717, 1.165) is 12.1 Å². The third-order valence-corrected chi connectivity index (χ3v) is 3.83. The number of benzene rings is 2. The number of pyridine rings is 1. The number of hydrogen-bond donors (Lipinski definition) is 2. The van der Waals surface area contributed by atoms with Crippen LogP contribution in [0.1, 0.15) is 15.9 Å². The van der Waals surface area contributed by atoms with E-state index in [9.17, 15) is 18.0 Å². The number of hydrogen-bond acceptors (Lipinski definition) is 4. The molecular formula is C20H16F3N3O2. The summed E-state index contributed by atoms with van der Waals surface area (Å²) in [7, 11) is 1.53. The number of methoxy groups -OCH3 is 1. The predicted molar refractivity (Wildman–Crippen MR) is 99.9 cm³/mol. The summed E-state index contributed by atoms with van der Waals surface area (Å²) in [4.78, 5) is 16.5. The Morgan fingerprint density at radius 2 is 1.75 bits per heavy atom. The summed E-state index contributed by atoms with van der Waals surface area (Å²) in [6.45, 7) is 0. The second-order valence-corrected chi connectivity index (χ2v) is 5.82. The van der Waals surface area contributed by atoms with Crippen LogP contribution in [0.3, 0.4) is 0 Å². The largest absolute Gasteiger partial charge is 0.497 e. The normalized spacial score (nSPS) is 11.0. The molecule has 0 saturated carbocycles. The van der Waals surface area contributed by atoms with E-state index in [0.29, 0.717) is 28.5 Å². The fraction of sp³-hybridized carbons (Fsp3) is 0.100. The van der Waals surface area contributed by atoms with Crippen molar-refractivity contribution in [3.8, 4) is 5.75 Å². The van der Waals surface area contributed by atoms with Crippen molar-refractivity contribution in [2.24, 2.45) is 0 Å². The lowest BCUT2D eigenvalue weighted by Gasteiger charge is -2.10. The first-order valence-corrected chi connectivity index (χ1v) is 8.21. The zero-order valence-corrected chi connectivity index (χ0v) is 14.7. The summed E-state index contributed by atoms with van der Waals surface area (Å²) < 4.78 is 43.0. The monoisotopic (exact) mass is 387 g/mol. The number of ether oxygens (including phenoxy) is 1. The highest BCUT2D eigenvalue weighted by Gasteiger charge is 2.29. The SMILES string of the molecule is COc1cccc(NC(=O)c2ccnc(Nc3ccc(C(F)(F)F)cc3)c2)c1. The Bertz CT molecular complexity index is 973. The quantitative estimate of drug-likeness (QED) is 0.639. The molecule has 0 saturated heterocycles. The number of nitrogens with one attached hydrogen (secondary N) is 2. The van der Waals surface area contributed by atoms with Gasteiger partial charge in [-0.05, 0) is 48.5 Å². The summed E-state index contributed by atoms with van der Waals surface area (Å²) in [5, 5.41) is 5.63. The molecule has 0 atom stereocenters. The zero-order valence-electron chi connectivity index (χ0n) is 14.7. The van der Waals surface area contributed by atoms with Gasteiger partial charge in [0.1, 0.15) is 11.6 Å². The topological polar surface area (TPSA) is 63.2 Å². The van der Waals surface area contributed by atoms with Crippen LogP contribution >= 0.6 is 0 Å². The van der Waals surface area contributed by atoms with Crippen molar-refractivity contribution in [1.29, 1.82) is 0 Å². The second kappa shape index (κ2) is 7.99. The molecule has 5 nitrogen and oxygen atoms in total. The van der Waals surface area contributed by atoms with Crippen molar-refractivity contribution in [3.05, 3.63) is 78.0 Å². The lowest BCUT2D eigenvalue weighted by molar-refractivity contribution is -0.137. The molecule has 0 aliphatic rings. The third kappa shape index (κ3) is 4.79. The molecule has 0 bridgehead atoms. The van der Waals surface area contributed by atoms with Gasteiger partial charge in [-0.2, -0.15) is 13.2 Å². The first-order chi connectivity index (χ1) is 13.3. The van der Waals surface area contributed by atoms with Gasteiger partial charge in [0, 0.05) is 29.2 Å². The number of anilines is 3. The van der Waals surface area contributed by atoms with E-state index >= 15 is 0 Å². The first-order valence-electron chi connectivity index (χ1n) is 8.21. The number of halogens is 3. The highest BCUT2D eigenvalue weighted by molar-refractivity contribution is 6.04. The van der Waals surface area contributed by atoms with E-state index in [1.54, 1.807) is 24.3 Å². The molecule has 2 N–H and O–H groups in total. The molecule has 8 heteroatoms. The molecule has 28 heavy (non-hydrogen) atoms. The number of amides is 1. The number of rotatable bonds is 5. The number of carbonyl (C=O) groups excluding carboxylic acids is 1. The van der Waals surface area contributed by atoms with E-state index in [4.69, 9.17) is 4.74 Å². The van der Waals surface area contributed by atoms with Crippen molar-refractivity contribution in [2.45, 2.75) is 6.18 Å². The van der Waals surface area contributed by atoms with Crippen molar-refractivity contribution in [3.63, 3.8) is 0 Å². The van der Waals surface area contributed by atoms with Crippen molar-refractivity contribution < 1.29 is 22.7 Å². The van der Waals surface area contributed by atoms with Crippen LogP contribution in [-0.4, -0.2) is 18.0 Å². The molecule has 1 aromatic heterocycles. The Hall–Kier alpha value is -3.55. The van der Waals surface area contributed by atoms with Gasteiger partial charge in [-0.1, -0.05) is 6.07 Å². The molecule has 144 valence electrons. The summed E-state index contributed by atoms with van der Waals surface area (Å²) >= 11 is 0. The molecular weight excluding hydrogens is 371 g/mol. The molecule has 0 spiro atoms. The molecule has 0 aliphatic carbocycles. The van der Waals surface area contributed by atoms with Crippen LogP contribution < -0.4 is 15.4 Å². The first kappa shape index (κ1) is 19.2. The average Bonchev–Trinajstić information content (AvgIpc) is 2.68. The number of alkyl halides is 3. The molecule has 0 fully saturated rings. The summed E-state index contributed by atoms with van der Waals surface area (Å²) in [5.41, 5.74) is 0.592. The van der Waals surface area contributed by atoms with Gasteiger partial charge in [-0.25, -0.2) is 4.98 Å². The average molecular weight is 387 g/mol. The second-order valence-electron chi connectivity index (χ2n) is 5.82. The van der Waals surface area contributed by atoms with Crippen LogP contribution in [0.2, 0.25) is 0 Å². The number of aromatic nitrogens is 1. The van der Waals surface area contributed by atoms with Crippen LogP contribution in [0.15, 0.2) is 66.9 Å². The predicted octanol–water partition coefficient (Wildman–Crippen LogP) is 5.10. The summed E-state index contributed by atoms with van der Waals surface area (Å²) in [6, 6.07) is 14.5. The maximum atomic E-state index is 12.6. The summed E-state index contributed by atoms with van der Waals surface area (Å²) in [5.74, 6) is 0.585. The fourth-order valence-corrected chi connectivity index (χ4v) is 2.43. The van der Waals surface area contributed by atoms with Gasteiger partial charge in [-0.3, -0.25) is 4.79 Å². The molecule has 1 amide bonds. The Kier molecular flexibility index (Phi) is 5.49. The van der Waals surface area contributed by atoms with Gasteiger partial charge in [0.05, 0.1) is 12.7 Å². The van der Waals surface area contributed by atoms with Gasteiger partial charge < -0.3 is 15.4 Å². The van der Waals surface area contributed by atoms with Crippen LogP contribution in [-0.2, 0) is 6.18 Å². The molecule has 0 aliphatic heterocycles. The lowest BCUT2D eigenvalue weighted by atomic mass is 10.2. The Morgan fingerprint density at radius 3 is 2.43 bits per heavy atom. The van der Waals surface area contributed by atoms with Gasteiger partial charge in [-0.15, -0.1) is 0 Å². The van der Waals surface area contributed by atoms with E-state index < -0.39 is 11.7 Å². The van der Waals surface area contributed by atoms with Crippen molar-refractivity contribution in [2.75, 3.05) is 17.7 Å². The highest BCUT2D eigenvalue weighted by atomic mass is 19.4. The Morgan fingerprint density at radius 1 is 1.00 bits per heavy atom. The fourth-order valence-electron chi connectivity index (χ4n) is 2.43. The summed E-state index contributed by atoms with van der Waals surface area (Å²) in [6.07, 6.45) is -2.96. The van der Waals surface area contributed by atoms with Gasteiger partial charge in [0.2, 0.25) is 0 Å². The van der Waals surface area contributed by atoms with Gasteiger partial charge >= 0.3 is 6.18 Å². The minimum atomic E-state index is -4.39. The van der Waals surface area contributed by atoms with Crippen LogP contribution in [0.25, 0.3) is 0 Å². The zero-order chi connectivity index (χ0) is 20.1. The molecule has 2 aromatic carbocycles. The Balaban J connectivity index is 1.72.